The Balaban J connectivity index is 2.63. The minimum absolute atomic E-state index is 0.0690. The molecule has 0 bridgehead atoms. The van der Waals surface area contributed by atoms with Crippen molar-refractivity contribution in [3.8, 4) is 0 Å². The Morgan fingerprint density at radius 1 is 1.12 bits per heavy atom. The molecule has 0 aliphatic carbocycles. The molecular formula is C21H37N5O6. The smallest absolute Gasteiger partial charge is 0.407 e. The molecule has 1 aromatic heterocycles. The molecule has 1 aromatic rings. The highest BCUT2D eigenvalue weighted by molar-refractivity contribution is 5.76. The van der Waals surface area contributed by atoms with Crippen LogP contribution in [-0.2, 0) is 14.3 Å². The van der Waals surface area contributed by atoms with Crippen molar-refractivity contribution in [3.05, 3.63) is 22.1 Å². The summed E-state index contributed by atoms with van der Waals surface area (Å²) in [7, 11) is 0. The SMILES string of the molecule is Cc1cc(=O)[nH]c(NC(O)N[C@@H](CCCCNC(=O)OC(C)(C)C)C(=O)OC(C)(C)C)n1. The molecule has 0 saturated heterocycles. The molecule has 11 nitrogen and oxygen atoms in total. The van der Waals surface area contributed by atoms with Crippen molar-refractivity contribution in [2.24, 2.45) is 0 Å². The van der Waals surface area contributed by atoms with Crippen molar-refractivity contribution < 1.29 is 24.2 Å². The third kappa shape index (κ3) is 12.3. The van der Waals surface area contributed by atoms with Crippen molar-refractivity contribution in [1.29, 1.82) is 0 Å². The van der Waals surface area contributed by atoms with E-state index in [1.807, 2.05) is 0 Å². The van der Waals surface area contributed by atoms with Crippen LogP contribution in [0.3, 0.4) is 0 Å². The average molecular weight is 456 g/mol. The summed E-state index contributed by atoms with van der Waals surface area (Å²) in [5.74, 6) is -0.455. The molecule has 5 N–H and O–H groups in total. The number of aromatic nitrogens is 2. The lowest BCUT2D eigenvalue weighted by Gasteiger charge is -2.26. The molecule has 2 atom stereocenters. The van der Waals surface area contributed by atoms with Gasteiger partial charge in [-0.15, -0.1) is 0 Å². The Bertz CT molecular complexity index is 812. The number of carbonyl (C=O) groups excluding carboxylic acids is 2. The van der Waals surface area contributed by atoms with Crippen LogP contribution in [0.15, 0.2) is 10.9 Å². The molecule has 1 unspecified atom stereocenters. The maximum absolute atomic E-state index is 12.6. The summed E-state index contributed by atoms with van der Waals surface area (Å²) in [5.41, 5.74) is -1.16. The maximum atomic E-state index is 12.6. The molecule has 1 heterocycles. The monoisotopic (exact) mass is 455 g/mol. The number of hydrogen-bond acceptors (Lipinski definition) is 9. The molecule has 0 fully saturated rings. The number of H-pyrrole nitrogens is 1. The highest BCUT2D eigenvalue weighted by Gasteiger charge is 2.27. The first-order chi connectivity index (χ1) is 14.6. The first kappa shape index (κ1) is 27.4. The van der Waals surface area contributed by atoms with E-state index in [0.29, 0.717) is 31.5 Å². The average Bonchev–Trinajstić information content (AvgIpc) is 2.56. The van der Waals surface area contributed by atoms with Gasteiger partial charge in [0.05, 0.1) is 0 Å². The van der Waals surface area contributed by atoms with Crippen LogP contribution in [0.1, 0.15) is 66.5 Å². The third-order valence-corrected chi connectivity index (χ3v) is 3.78. The summed E-state index contributed by atoms with van der Waals surface area (Å²) in [5, 5.41) is 18.3. The predicted molar refractivity (Wildman–Crippen MR) is 120 cm³/mol. The van der Waals surface area contributed by atoms with Gasteiger partial charge in [0.15, 0.2) is 6.35 Å². The minimum atomic E-state index is -1.36. The molecule has 0 aromatic carbocycles. The summed E-state index contributed by atoms with van der Waals surface area (Å²) in [4.78, 5) is 42.4. The number of rotatable bonds is 10. The minimum Gasteiger partial charge on any atom is -0.459 e. The molecule has 0 radical (unpaired) electrons. The number of unbranched alkanes of at least 4 members (excludes halogenated alkanes) is 1. The number of nitrogens with zero attached hydrogens (tertiary/aromatic N) is 1. The molecule has 0 aliphatic heterocycles. The zero-order valence-electron chi connectivity index (χ0n) is 20.0. The van der Waals surface area contributed by atoms with Crippen LogP contribution in [0.5, 0.6) is 0 Å². The number of nitrogens with one attached hydrogen (secondary N) is 4. The number of alkyl carbamates (subject to hydrolysis) is 1. The summed E-state index contributed by atoms with van der Waals surface area (Å²) in [6.07, 6.45) is -0.354. The van der Waals surface area contributed by atoms with Crippen molar-refractivity contribution in [3.63, 3.8) is 0 Å². The highest BCUT2D eigenvalue weighted by Crippen LogP contribution is 2.12. The summed E-state index contributed by atoms with van der Waals surface area (Å²) < 4.78 is 10.6. The fraction of sp³-hybridized carbons (Fsp3) is 0.714. The molecular weight excluding hydrogens is 418 g/mol. The maximum Gasteiger partial charge on any atom is 0.407 e. The molecule has 1 rings (SSSR count). The van der Waals surface area contributed by atoms with Gasteiger partial charge in [0.1, 0.15) is 17.2 Å². The first-order valence-corrected chi connectivity index (χ1v) is 10.6. The summed E-state index contributed by atoms with van der Waals surface area (Å²) in [6, 6.07) is 0.495. The van der Waals surface area contributed by atoms with Crippen LogP contribution in [0.4, 0.5) is 10.7 Å². The second kappa shape index (κ2) is 11.8. The van der Waals surface area contributed by atoms with Gasteiger partial charge in [-0.25, -0.2) is 9.78 Å². The van der Waals surface area contributed by atoms with E-state index in [-0.39, 0.29) is 11.5 Å². The van der Waals surface area contributed by atoms with Crippen molar-refractivity contribution in [2.75, 3.05) is 11.9 Å². The molecule has 0 aliphatic rings. The quantitative estimate of drug-likeness (QED) is 0.202. The largest absolute Gasteiger partial charge is 0.459 e. The van der Waals surface area contributed by atoms with E-state index in [1.165, 1.54) is 6.07 Å². The van der Waals surface area contributed by atoms with E-state index in [4.69, 9.17) is 9.47 Å². The first-order valence-electron chi connectivity index (χ1n) is 10.6. The van der Waals surface area contributed by atoms with Gasteiger partial charge in [-0.2, -0.15) is 0 Å². The number of amides is 1. The lowest BCUT2D eigenvalue weighted by molar-refractivity contribution is -0.158. The van der Waals surface area contributed by atoms with Gasteiger partial charge in [-0.05, 0) is 67.7 Å². The third-order valence-electron chi connectivity index (χ3n) is 3.78. The number of anilines is 1. The van der Waals surface area contributed by atoms with Crippen LogP contribution >= 0.6 is 0 Å². The summed E-state index contributed by atoms with van der Waals surface area (Å²) >= 11 is 0. The van der Waals surface area contributed by atoms with E-state index in [0.717, 1.165) is 0 Å². The molecule has 0 saturated carbocycles. The van der Waals surface area contributed by atoms with Crippen molar-refractivity contribution in [2.45, 2.75) is 91.3 Å². The van der Waals surface area contributed by atoms with Crippen LogP contribution in [0.25, 0.3) is 0 Å². The van der Waals surface area contributed by atoms with E-state index in [9.17, 15) is 19.5 Å². The number of carbonyl (C=O) groups is 2. The normalized spacial score (nSPS) is 13.8. The number of esters is 1. The highest BCUT2D eigenvalue weighted by atomic mass is 16.6. The number of aryl methyl sites for hydroxylation is 1. The van der Waals surface area contributed by atoms with Gasteiger partial charge in [-0.1, -0.05) is 0 Å². The Kier molecular flexibility index (Phi) is 10.1. The Labute approximate surface area is 188 Å². The molecule has 11 heteroatoms. The lowest BCUT2D eigenvalue weighted by atomic mass is 10.1. The number of ether oxygens (including phenoxy) is 2. The van der Waals surface area contributed by atoms with Gasteiger partial charge in [0.25, 0.3) is 5.56 Å². The van der Waals surface area contributed by atoms with Crippen LogP contribution in [0.2, 0.25) is 0 Å². The van der Waals surface area contributed by atoms with Gasteiger partial charge < -0.3 is 25.2 Å². The van der Waals surface area contributed by atoms with Gasteiger partial charge in [-0.3, -0.25) is 19.9 Å². The van der Waals surface area contributed by atoms with Crippen molar-refractivity contribution >= 4 is 18.0 Å². The lowest BCUT2D eigenvalue weighted by Crippen LogP contribution is -2.49. The second-order valence-corrected chi connectivity index (χ2v) is 9.46. The zero-order chi connectivity index (χ0) is 24.5. The Morgan fingerprint density at radius 2 is 1.75 bits per heavy atom. The van der Waals surface area contributed by atoms with Crippen LogP contribution < -0.4 is 21.5 Å². The van der Waals surface area contributed by atoms with Gasteiger partial charge in [0.2, 0.25) is 5.95 Å². The Morgan fingerprint density at radius 3 is 2.31 bits per heavy atom. The fourth-order valence-corrected chi connectivity index (χ4v) is 2.63. The predicted octanol–water partition coefficient (Wildman–Crippen LogP) is 1.76. The zero-order valence-corrected chi connectivity index (χ0v) is 20.0. The molecule has 1 amide bonds. The summed E-state index contributed by atoms with van der Waals surface area (Å²) in [6.45, 7) is 12.6. The van der Waals surface area contributed by atoms with Gasteiger partial charge in [0, 0.05) is 18.3 Å². The second-order valence-electron chi connectivity index (χ2n) is 9.46. The number of aromatic amines is 1. The Hall–Kier alpha value is -2.66. The van der Waals surface area contributed by atoms with E-state index >= 15 is 0 Å². The molecule has 182 valence electrons. The molecule has 32 heavy (non-hydrogen) atoms. The number of aliphatic hydroxyl groups is 1. The van der Waals surface area contributed by atoms with Crippen LogP contribution in [0, 0.1) is 6.92 Å². The molecule has 0 spiro atoms. The van der Waals surface area contributed by atoms with E-state index < -0.39 is 35.7 Å². The number of aliphatic hydroxyl groups excluding tert-OH is 1. The van der Waals surface area contributed by atoms with E-state index in [2.05, 4.69) is 25.9 Å². The number of hydrogen-bond donors (Lipinski definition) is 5. The van der Waals surface area contributed by atoms with Crippen molar-refractivity contribution in [1.82, 2.24) is 20.6 Å². The van der Waals surface area contributed by atoms with E-state index in [1.54, 1.807) is 48.5 Å². The van der Waals surface area contributed by atoms with Crippen LogP contribution in [-0.4, -0.2) is 57.3 Å². The standard InChI is InChI=1S/C21H37N5O6/c1-13-12-15(27)25-17(23-13)26-18(29)24-14(16(28)31-20(2,3)4)10-8-9-11-22-19(30)32-21(5,6)7/h12,14,18,24,29H,8-11H2,1-7H3,(H,22,30)(H2,23,25,26,27)/t14-,18?/m0/s1. The topological polar surface area (TPSA) is 155 Å². The van der Waals surface area contributed by atoms with Gasteiger partial charge >= 0.3 is 12.1 Å². The fourth-order valence-electron chi connectivity index (χ4n) is 2.63.